The van der Waals surface area contributed by atoms with E-state index in [1.165, 1.54) is 11.5 Å². The van der Waals surface area contributed by atoms with Crippen LogP contribution in [0.15, 0.2) is 4.34 Å². The number of rotatable bonds is 7. The first-order valence-electron chi connectivity index (χ1n) is 7.57. The van der Waals surface area contributed by atoms with Gasteiger partial charge in [-0.15, -0.1) is 0 Å². The van der Waals surface area contributed by atoms with Crippen LogP contribution < -0.4 is 5.32 Å². The van der Waals surface area contributed by atoms with Crippen LogP contribution in [0, 0.1) is 0 Å². The van der Waals surface area contributed by atoms with Crippen LogP contribution in [0.5, 0.6) is 0 Å². The summed E-state index contributed by atoms with van der Waals surface area (Å²) in [5.41, 5.74) is -0.760. The molecule has 0 aliphatic heterocycles. The van der Waals surface area contributed by atoms with Crippen LogP contribution in [0.3, 0.4) is 0 Å². The number of nitrogens with zero attached hydrogens (tertiary/aromatic N) is 2. The lowest BCUT2D eigenvalue weighted by molar-refractivity contribution is -0.146. The van der Waals surface area contributed by atoms with Gasteiger partial charge >= 0.3 is 5.97 Å². The lowest BCUT2D eigenvalue weighted by Crippen LogP contribution is -2.55. The third kappa shape index (κ3) is 4.17. The molecule has 1 aliphatic rings. The zero-order chi connectivity index (χ0) is 15.3. The largest absolute Gasteiger partial charge is 0.480 e. The topological polar surface area (TPSA) is 75.1 Å². The smallest absolute Gasteiger partial charge is 0.323 e. The monoisotopic (exact) mass is 329 g/mol. The molecule has 2 rings (SSSR count). The minimum Gasteiger partial charge on any atom is -0.480 e. The van der Waals surface area contributed by atoms with E-state index in [0.29, 0.717) is 11.7 Å². The number of hydrogen-bond donors (Lipinski definition) is 2. The van der Waals surface area contributed by atoms with E-state index in [1.807, 2.05) is 6.92 Å². The van der Waals surface area contributed by atoms with Gasteiger partial charge in [0.15, 0.2) is 4.34 Å². The van der Waals surface area contributed by atoms with Crippen LogP contribution in [0.1, 0.15) is 51.8 Å². The molecular weight excluding hydrogens is 306 g/mol. The summed E-state index contributed by atoms with van der Waals surface area (Å²) >= 11 is 3.12. The summed E-state index contributed by atoms with van der Waals surface area (Å²) in [7, 11) is 0. The molecule has 7 heteroatoms. The molecule has 0 spiro atoms. The van der Waals surface area contributed by atoms with Gasteiger partial charge in [0, 0.05) is 11.7 Å². The van der Waals surface area contributed by atoms with Crippen LogP contribution in [-0.2, 0) is 11.2 Å². The van der Waals surface area contributed by atoms with Crippen molar-refractivity contribution in [1.29, 1.82) is 0 Å². The minimum absolute atomic E-state index is 0.303. The summed E-state index contributed by atoms with van der Waals surface area (Å²) in [6, 6.07) is 0. The molecule has 0 bridgehead atoms. The number of hydrogen-bond acceptors (Lipinski definition) is 6. The quantitative estimate of drug-likeness (QED) is 0.801. The molecule has 21 heavy (non-hydrogen) atoms. The van der Waals surface area contributed by atoms with Crippen molar-refractivity contribution < 1.29 is 9.90 Å². The molecule has 1 heterocycles. The van der Waals surface area contributed by atoms with Crippen LogP contribution in [0.25, 0.3) is 0 Å². The highest BCUT2D eigenvalue weighted by atomic mass is 32.2. The molecule has 2 N–H and O–H groups in total. The fourth-order valence-electron chi connectivity index (χ4n) is 2.69. The van der Waals surface area contributed by atoms with Crippen molar-refractivity contribution in [3.63, 3.8) is 0 Å². The second kappa shape index (κ2) is 7.56. The van der Waals surface area contributed by atoms with Crippen LogP contribution in [0.2, 0.25) is 0 Å². The van der Waals surface area contributed by atoms with Gasteiger partial charge in [-0.1, -0.05) is 25.6 Å². The Kier molecular flexibility index (Phi) is 6.01. The van der Waals surface area contributed by atoms with E-state index >= 15 is 0 Å². The van der Waals surface area contributed by atoms with E-state index < -0.39 is 11.5 Å². The fourth-order valence-corrected chi connectivity index (χ4v) is 4.98. The Bertz CT molecular complexity index is 481. The van der Waals surface area contributed by atoms with Crippen molar-refractivity contribution >= 4 is 29.3 Å². The lowest BCUT2D eigenvalue weighted by Gasteiger charge is -2.37. The second-order valence-corrected chi connectivity index (χ2v) is 7.78. The van der Waals surface area contributed by atoms with Crippen molar-refractivity contribution in [3.05, 3.63) is 5.82 Å². The Morgan fingerprint density at radius 2 is 2.38 bits per heavy atom. The zero-order valence-corrected chi connectivity index (χ0v) is 14.2. The number of carbonyl (C=O) groups is 1. The Morgan fingerprint density at radius 3 is 3.00 bits per heavy atom. The average Bonchev–Trinajstić information content (AvgIpc) is 2.93. The predicted octanol–water partition coefficient (Wildman–Crippen LogP) is 2.96. The number of nitrogens with one attached hydrogen (secondary N) is 1. The fraction of sp³-hybridized carbons (Fsp3) is 0.786. The third-order valence-electron chi connectivity index (χ3n) is 3.86. The minimum atomic E-state index is -0.760. The maximum atomic E-state index is 11.7. The van der Waals surface area contributed by atoms with E-state index in [9.17, 15) is 9.90 Å². The number of carboxylic acids is 1. The van der Waals surface area contributed by atoms with Crippen molar-refractivity contribution in [3.8, 4) is 0 Å². The Balaban J connectivity index is 2.02. The molecule has 1 aromatic rings. The Hall–Kier alpha value is -0.660. The molecule has 1 saturated carbocycles. The highest BCUT2D eigenvalue weighted by molar-refractivity contribution is 8.01. The first-order chi connectivity index (χ1) is 10.1. The molecule has 1 fully saturated rings. The summed E-state index contributed by atoms with van der Waals surface area (Å²) in [4.78, 5) is 16.2. The van der Waals surface area contributed by atoms with Gasteiger partial charge in [0.2, 0.25) is 0 Å². The summed E-state index contributed by atoms with van der Waals surface area (Å²) in [6.07, 6.45) is 5.17. The SMILES string of the molecule is CCCNC1(C(=O)O)CCCC(Sc2nc(CC)ns2)C1. The number of aromatic nitrogens is 2. The molecule has 0 amide bonds. The number of carboxylic acid groups (broad SMARTS) is 1. The van der Waals surface area contributed by atoms with Crippen molar-refractivity contribution in [2.75, 3.05) is 6.54 Å². The lowest BCUT2D eigenvalue weighted by atomic mass is 9.81. The average molecular weight is 329 g/mol. The molecule has 0 radical (unpaired) electrons. The maximum absolute atomic E-state index is 11.7. The maximum Gasteiger partial charge on any atom is 0.323 e. The molecule has 118 valence electrons. The number of thioether (sulfide) groups is 1. The summed E-state index contributed by atoms with van der Waals surface area (Å²) < 4.78 is 5.27. The summed E-state index contributed by atoms with van der Waals surface area (Å²) in [5, 5.41) is 13.2. The molecule has 1 aromatic heterocycles. The molecular formula is C14H23N3O2S2. The van der Waals surface area contributed by atoms with Gasteiger partial charge in [0.05, 0.1) is 0 Å². The molecule has 0 saturated heterocycles. The van der Waals surface area contributed by atoms with Gasteiger partial charge in [0.25, 0.3) is 0 Å². The first-order valence-corrected chi connectivity index (χ1v) is 9.22. The Labute approximate surface area is 134 Å². The van der Waals surface area contributed by atoms with Gasteiger partial charge < -0.3 is 10.4 Å². The van der Waals surface area contributed by atoms with Crippen LogP contribution in [-0.4, -0.2) is 37.8 Å². The molecule has 5 nitrogen and oxygen atoms in total. The molecule has 2 unspecified atom stereocenters. The summed E-state index contributed by atoms with van der Waals surface area (Å²) in [6.45, 7) is 4.86. The van der Waals surface area contributed by atoms with Gasteiger partial charge in [0.1, 0.15) is 11.4 Å². The van der Waals surface area contributed by atoms with E-state index in [2.05, 4.69) is 21.6 Å². The molecule has 0 aromatic carbocycles. The standard InChI is InChI=1S/C14H23N3O2S2/c1-3-8-15-14(12(18)19)7-5-6-10(9-14)20-13-16-11(4-2)17-21-13/h10,15H,3-9H2,1-2H3,(H,18,19). The van der Waals surface area contributed by atoms with Gasteiger partial charge in [-0.05, 0) is 50.2 Å². The zero-order valence-electron chi connectivity index (χ0n) is 12.6. The van der Waals surface area contributed by atoms with Crippen LogP contribution in [0.4, 0.5) is 0 Å². The van der Waals surface area contributed by atoms with Crippen molar-refractivity contribution in [1.82, 2.24) is 14.7 Å². The Morgan fingerprint density at radius 1 is 1.57 bits per heavy atom. The van der Waals surface area contributed by atoms with E-state index in [4.69, 9.17) is 0 Å². The third-order valence-corrected chi connectivity index (χ3v) is 5.95. The highest BCUT2D eigenvalue weighted by Gasteiger charge is 2.42. The highest BCUT2D eigenvalue weighted by Crippen LogP contribution is 2.39. The second-order valence-electron chi connectivity index (χ2n) is 5.48. The van der Waals surface area contributed by atoms with Crippen molar-refractivity contribution in [2.45, 2.75) is 67.5 Å². The predicted molar refractivity (Wildman–Crippen MR) is 86.1 cm³/mol. The number of aryl methyl sites for hydroxylation is 1. The van der Waals surface area contributed by atoms with Crippen LogP contribution >= 0.6 is 23.3 Å². The van der Waals surface area contributed by atoms with Crippen molar-refractivity contribution in [2.24, 2.45) is 0 Å². The van der Waals surface area contributed by atoms with E-state index in [0.717, 1.165) is 48.8 Å². The first kappa shape index (κ1) is 16.7. The van der Waals surface area contributed by atoms with E-state index in [1.54, 1.807) is 11.8 Å². The van der Waals surface area contributed by atoms with Gasteiger partial charge in [-0.2, -0.15) is 4.37 Å². The molecule has 2 atom stereocenters. The van der Waals surface area contributed by atoms with Gasteiger partial charge in [-0.3, -0.25) is 4.79 Å². The van der Waals surface area contributed by atoms with E-state index in [-0.39, 0.29) is 0 Å². The van der Waals surface area contributed by atoms with Gasteiger partial charge in [-0.25, -0.2) is 4.98 Å². The normalized spacial score (nSPS) is 25.9. The number of aliphatic carboxylic acids is 1. The molecule has 1 aliphatic carbocycles. The summed E-state index contributed by atoms with van der Waals surface area (Å²) in [5.74, 6) is 0.166.